The van der Waals surface area contributed by atoms with E-state index >= 15 is 0 Å². The van der Waals surface area contributed by atoms with Gasteiger partial charge in [-0.15, -0.1) is 0 Å². The molecule has 0 N–H and O–H groups in total. The number of halogens is 4. The second-order valence-electron chi connectivity index (χ2n) is 8.56. The molecule has 0 heterocycles. The Morgan fingerprint density at radius 3 is 1.40 bits per heavy atom. The molecule has 163 valence electrons. The van der Waals surface area contributed by atoms with Crippen LogP contribution in [0.3, 0.4) is 0 Å². The Labute approximate surface area is 188 Å². The fraction of sp³-hybridized carbons (Fsp3) is 0.360. The molecule has 0 aliphatic heterocycles. The van der Waals surface area contributed by atoms with E-state index in [1.165, 1.54) is 22.3 Å². The monoisotopic (exact) mass is 505 g/mol. The van der Waals surface area contributed by atoms with E-state index < -0.39 is 34.6 Å². The van der Waals surface area contributed by atoms with Crippen LogP contribution in [-0.4, -0.2) is 0 Å². The standard InChI is InChI=1S/C15H12F4.C10H14.Rh/c1-6-4-15(3)5-7(2)8(6)9-10(15)12(17)14(19)13(18)11(9)16;1-7-5-9(3)10(4)6-8(7)2;/h4-5,8H,1-3H3;5-6H,1-4H3;. The van der Waals surface area contributed by atoms with Gasteiger partial charge in [-0.2, -0.15) is 0 Å². The van der Waals surface area contributed by atoms with Crippen LogP contribution in [-0.2, 0) is 24.9 Å². The molecule has 0 unspecified atom stereocenters. The van der Waals surface area contributed by atoms with Crippen LogP contribution in [0.5, 0.6) is 0 Å². The minimum atomic E-state index is -1.73. The molecule has 0 aromatic heterocycles. The first-order valence-corrected chi connectivity index (χ1v) is 9.68. The molecular formula is C25H26F4Rh. The second-order valence-corrected chi connectivity index (χ2v) is 8.56. The van der Waals surface area contributed by atoms with Gasteiger partial charge in [0.15, 0.2) is 23.3 Å². The van der Waals surface area contributed by atoms with Gasteiger partial charge in [0, 0.05) is 41.9 Å². The zero-order chi connectivity index (χ0) is 21.8. The van der Waals surface area contributed by atoms with Crippen LogP contribution in [0, 0.1) is 51.0 Å². The van der Waals surface area contributed by atoms with Gasteiger partial charge in [0.2, 0.25) is 0 Å². The molecule has 30 heavy (non-hydrogen) atoms. The van der Waals surface area contributed by atoms with Crippen LogP contribution in [0.4, 0.5) is 17.6 Å². The van der Waals surface area contributed by atoms with Gasteiger partial charge in [0.05, 0.1) is 0 Å². The molecule has 0 atom stereocenters. The van der Waals surface area contributed by atoms with Crippen molar-refractivity contribution in [2.24, 2.45) is 0 Å². The minimum Gasteiger partial charge on any atom is -0.203 e. The Morgan fingerprint density at radius 1 is 0.633 bits per heavy atom. The van der Waals surface area contributed by atoms with Gasteiger partial charge in [0.1, 0.15) is 0 Å². The van der Waals surface area contributed by atoms with Crippen molar-refractivity contribution in [2.75, 3.05) is 0 Å². The summed E-state index contributed by atoms with van der Waals surface area (Å²) in [5.41, 5.74) is 6.18. The number of allylic oxidation sites excluding steroid dienone is 4. The van der Waals surface area contributed by atoms with Crippen molar-refractivity contribution < 1.29 is 37.0 Å². The van der Waals surface area contributed by atoms with E-state index in [-0.39, 0.29) is 30.6 Å². The van der Waals surface area contributed by atoms with E-state index in [0.29, 0.717) is 0 Å². The van der Waals surface area contributed by atoms with Crippen molar-refractivity contribution in [3.63, 3.8) is 0 Å². The van der Waals surface area contributed by atoms with E-state index in [1.54, 1.807) is 32.9 Å². The second kappa shape index (κ2) is 8.42. The predicted octanol–water partition coefficient (Wildman–Crippen LogP) is 7.42. The summed E-state index contributed by atoms with van der Waals surface area (Å²) in [7, 11) is 0. The van der Waals surface area contributed by atoms with Crippen LogP contribution in [0.15, 0.2) is 35.4 Å². The molecule has 2 aromatic rings. The van der Waals surface area contributed by atoms with Crippen LogP contribution < -0.4 is 0 Å². The van der Waals surface area contributed by atoms with Crippen LogP contribution in [0.2, 0.25) is 0 Å². The molecule has 0 amide bonds. The third-order valence-corrected chi connectivity index (χ3v) is 6.21. The van der Waals surface area contributed by atoms with Gasteiger partial charge in [-0.25, -0.2) is 17.6 Å². The summed E-state index contributed by atoms with van der Waals surface area (Å²) in [6.07, 6.45) is 3.57. The maximum absolute atomic E-state index is 14.1. The Morgan fingerprint density at radius 2 is 1.00 bits per heavy atom. The average Bonchev–Trinajstić information content (AvgIpc) is 2.62. The Bertz CT molecular complexity index is 1010. The van der Waals surface area contributed by atoms with Gasteiger partial charge < -0.3 is 0 Å². The molecule has 5 heteroatoms. The van der Waals surface area contributed by atoms with Crippen LogP contribution in [0.1, 0.15) is 60.1 Å². The quantitative estimate of drug-likeness (QED) is 0.115. The van der Waals surface area contributed by atoms with Crippen molar-refractivity contribution >= 4 is 0 Å². The van der Waals surface area contributed by atoms with Crippen molar-refractivity contribution in [1.82, 2.24) is 0 Å². The molecule has 0 fully saturated rings. The smallest absolute Gasteiger partial charge is 0.197 e. The SMILES string of the molecule is CC1=CC2(C)C=C(C)C1c1c(F)c(F)c(F)c(F)c12.Cc1cc(C)c(C)cc1C.[Rh]. The normalized spacial score (nSPS) is 21.1. The average molecular weight is 505 g/mol. The zero-order valence-electron chi connectivity index (χ0n) is 18.2. The fourth-order valence-electron chi connectivity index (χ4n) is 4.66. The summed E-state index contributed by atoms with van der Waals surface area (Å²) in [4.78, 5) is 0. The van der Waals surface area contributed by atoms with E-state index in [1.807, 2.05) is 0 Å². The van der Waals surface area contributed by atoms with Gasteiger partial charge in [-0.3, -0.25) is 0 Å². The summed E-state index contributed by atoms with van der Waals surface area (Å²) in [5.74, 6) is -6.52. The molecule has 0 nitrogen and oxygen atoms in total. The molecule has 0 saturated carbocycles. The van der Waals surface area contributed by atoms with E-state index in [0.717, 1.165) is 11.1 Å². The van der Waals surface area contributed by atoms with Gasteiger partial charge in [-0.05, 0) is 70.7 Å². The summed E-state index contributed by atoms with van der Waals surface area (Å²) < 4.78 is 55.0. The van der Waals surface area contributed by atoms with Crippen LogP contribution >= 0.6 is 0 Å². The van der Waals surface area contributed by atoms with Crippen molar-refractivity contribution in [2.45, 2.75) is 59.8 Å². The number of benzene rings is 2. The molecular weight excluding hydrogens is 479 g/mol. The predicted molar refractivity (Wildman–Crippen MR) is 109 cm³/mol. The Hall–Kier alpha value is -1.74. The first kappa shape index (κ1) is 24.5. The fourth-order valence-corrected chi connectivity index (χ4v) is 4.66. The number of hydrogen-bond acceptors (Lipinski definition) is 0. The first-order chi connectivity index (χ1) is 13.4. The van der Waals surface area contributed by atoms with Gasteiger partial charge in [0.25, 0.3) is 0 Å². The van der Waals surface area contributed by atoms with E-state index in [4.69, 9.17) is 0 Å². The Balaban J connectivity index is 0.000000249. The number of hydrogen-bond donors (Lipinski definition) is 0. The molecule has 2 bridgehead atoms. The van der Waals surface area contributed by atoms with E-state index in [9.17, 15) is 17.6 Å². The molecule has 3 aliphatic carbocycles. The summed E-state index contributed by atoms with van der Waals surface area (Å²) in [6.45, 7) is 13.9. The molecule has 1 radical (unpaired) electrons. The third-order valence-electron chi connectivity index (χ3n) is 6.21. The topological polar surface area (TPSA) is 0 Å². The first-order valence-electron chi connectivity index (χ1n) is 9.68. The largest absolute Gasteiger partial charge is 0.203 e. The van der Waals surface area contributed by atoms with Gasteiger partial charge >= 0.3 is 0 Å². The number of rotatable bonds is 0. The maximum Gasteiger partial charge on any atom is 0.197 e. The minimum absolute atomic E-state index is 0. The van der Waals surface area contributed by atoms with E-state index in [2.05, 4.69) is 39.8 Å². The summed E-state index contributed by atoms with van der Waals surface area (Å²) in [6, 6.07) is 4.48. The summed E-state index contributed by atoms with van der Waals surface area (Å²) in [5, 5.41) is 0. The molecule has 0 saturated heterocycles. The van der Waals surface area contributed by atoms with Crippen molar-refractivity contribution in [3.8, 4) is 0 Å². The molecule has 2 aromatic carbocycles. The third kappa shape index (κ3) is 3.82. The molecule has 0 spiro atoms. The maximum atomic E-state index is 14.1. The van der Waals surface area contributed by atoms with Crippen molar-refractivity contribution in [1.29, 1.82) is 0 Å². The summed E-state index contributed by atoms with van der Waals surface area (Å²) >= 11 is 0. The zero-order valence-corrected chi connectivity index (χ0v) is 19.9. The van der Waals surface area contributed by atoms with Crippen molar-refractivity contribution in [3.05, 3.63) is 92.1 Å². The van der Waals surface area contributed by atoms with Crippen LogP contribution in [0.25, 0.3) is 0 Å². The molecule has 3 aliphatic rings. The number of aryl methyl sites for hydroxylation is 4. The van der Waals surface area contributed by atoms with Gasteiger partial charge in [-0.1, -0.05) is 35.4 Å². The molecule has 5 rings (SSSR count). The Kier molecular flexibility index (Phi) is 6.88.